The lowest BCUT2D eigenvalue weighted by molar-refractivity contribution is 0.0600. The minimum absolute atomic E-state index is 0. The molecule has 3 N–H and O–H groups in total. The number of nitrogens with one attached hydrogen (secondary N) is 1. The summed E-state index contributed by atoms with van der Waals surface area (Å²) in [5, 5.41) is 8.95. The summed E-state index contributed by atoms with van der Waals surface area (Å²) in [5.74, 6) is -0.361. The Morgan fingerprint density at radius 2 is 2.08 bits per heavy atom. The second kappa shape index (κ2) is 7.98. The van der Waals surface area contributed by atoms with Gasteiger partial charge in [0.25, 0.3) is 5.91 Å². The second-order valence-corrected chi connectivity index (χ2v) is 7.75. The third kappa shape index (κ3) is 4.05. The molecule has 26 heavy (non-hydrogen) atoms. The Kier molecular flexibility index (Phi) is 6.36. The Labute approximate surface area is 162 Å². The normalized spacial score (nSPS) is 17.7. The average molecular weight is 420 g/mol. The maximum absolute atomic E-state index is 12.9. The third-order valence-electron chi connectivity index (χ3n) is 4.16. The molecule has 0 spiro atoms. The fourth-order valence-electron chi connectivity index (χ4n) is 2.97. The summed E-state index contributed by atoms with van der Waals surface area (Å²) in [6.45, 7) is 3.06. The van der Waals surface area contributed by atoms with Crippen molar-refractivity contribution in [2.45, 2.75) is 17.9 Å². The minimum atomic E-state index is -3.95. The maximum atomic E-state index is 12.9. The molecule has 1 amide bonds. The summed E-state index contributed by atoms with van der Waals surface area (Å²) < 4.78 is 28.5. The lowest BCUT2D eigenvalue weighted by Crippen LogP contribution is -2.48. The van der Waals surface area contributed by atoms with E-state index in [4.69, 9.17) is 21.2 Å². The maximum Gasteiger partial charge on any atom is 0.290 e. The highest BCUT2D eigenvalue weighted by molar-refractivity contribution is 7.89. The summed E-state index contributed by atoms with van der Waals surface area (Å²) in [7, 11) is -3.95. The number of benzene rings is 1. The number of carbonyl (C=O) groups is 1. The van der Waals surface area contributed by atoms with Crippen LogP contribution in [0.4, 0.5) is 0 Å². The molecule has 2 aromatic rings. The van der Waals surface area contributed by atoms with Crippen molar-refractivity contribution in [1.82, 2.24) is 10.2 Å². The van der Waals surface area contributed by atoms with Crippen molar-refractivity contribution in [1.29, 1.82) is 0 Å². The van der Waals surface area contributed by atoms with E-state index in [1.807, 2.05) is 18.2 Å². The molecular weight excluding hydrogens is 401 g/mol. The Morgan fingerprint density at radius 1 is 1.38 bits per heavy atom. The van der Waals surface area contributed by atoms with Crippen LogP contribution in [-0.4, -0.2) is 38.9 Å². The molecular formula is C16H19Cl2N3O4S. The average Bonchev–Trinajstić information content (AvgIpc) is 2.97. The van der Waals surface area contributed by atoms with Gasteiger partial charge in [0.05, 0.1) is 6.04 Å². The minimum Gasteiger partial charge on any atom is -0.455 e. The molecule has 2 heterocycles. The van der Waals surface area contributed by atoms with E-state index >= 15 is 0 Å². The van der Waals surface area contributed by atoms with E-state index in [-0.39, 0.29) is 34.9 Å². The van der Waals surface area contributed by atoms with Crippen LogP contribution in [0.2, 0.25) is 5.02 Å². The van der Waals surface area contributed by atoms with Crippen LogP contribution in [-0.2, 0) is 10.0 Å². The summed E-state index contributed by atoms with van der Waals surface area (Å²) in [4.78, 5) is 14.4. The number of hydrogen-bond acceptors (Lipinski definition) is 5. The van der Waals surface area contributed by atoms with Crippen LogP contribution in [0, 0.1) is 6.92 Å². The van der Waals surface area contributed by atoms with Crippen molar-refractivity contribution in [2.75, 3.05) is 19.6 Å². The standard InChI is InChI=1S/C16H18ClN3O4S.ClH/c1-10-15(25(18,22)23)8-14(24-10)16(21)20-7-6-19-9-13(20)11-4-2-3-5-12(11)17;/h2-5,8,13,19H,6-7,9H2,1H3,(H2,18,22,23);1H. The van der Waals surface area contributed by atoms with E-state index in [2.05, 4.69) is 5.32 Å². The molecule has 1 aliphatic rings. The van der Waals surface area contributed by atoms with Gasteiger partial charge in [0.1, 0.15) is 10.7 Å². The highest BCUT2D eigenvalue weighted by Crippen LogP contribution is 2.30. The molecule has 1 aromatic carbocycles. The highest BCUT2D eigenvalue weighted by Gasteiger charge is 2.32. The number of amides is 1. The van der Waals surface area contributed by atoms with Crippen LogP contribution in [0.15, 0.2) is 39.6 Å². The monoisotopic (exact) mass is 419 g/mol. The zero-order chi connectivity index (χ0) is 18.2. The van der Waals surface area contributed by atoms with Gasteiger partial charge < -0.3 is 14.6 Å². The molecule has 10 heteroatoms. The van der Waals surface area contributed by atoms with Crippen molar-refractivity contribution in [3.05, 3.63) is 52.4 Å². The van der Waals surface area contributed by atoms with Crippen LogP contribution in [0.1, 0.15) is 27.9 Å². The van der Waals surface area contributed by atoms with Crippen LogP contribution < -0.4 is 10.5 Å². The first kappa shape index (κ1) is 20.7. The predicted octanol–water partition coefficient (Wildman–Crippen LogP) is 2.10. The van der Waals surface area contributed by atoms with Crippen molar-refractivity contribution in [3.8, 4) is 0 Å². The van der Waals surface area contributed by atoms with Gasteiger partial charge in [-0.2, -0.15) is 0 Å². The Bertz CT molecular complexity index is 914. The van der Waals surface area contributed by atoms with E-state index in [1.165, 1.54) is 13.0 Å². The SMILES string of the molecule is Cc1oc(C(=O)N2CCNCC2c2ccccc2Cl)cc1S(N)(=O)=O.Cl. The lowest BCUT2D eigenvalue weighted by atomic mass is 10.0. The van der Waals surface area contributed by atoms with Gasteiger partial charge in [-0.3, -0.25) is 4.79 Å². The van der Waals surface area contributed by atoms with Gasteiger partial charge in [-0.15, -0.1) is 12.4 Å². The number of hydrogen-bond donors (Lipinski definition) is 2. The number of rotatable bonds is 3. The van der Waals surface area contributed by atoms with Gasteiger partial charge in [0, 0.05) is 30.7 Å². The summed E-state index contributed by atoms with van der Waals surface area (Å²) in [6.07, 6.45) is 0. The van der Waals surface area contributed by atoms with Crippen LogP contribution >= 0.6 is 24.0 Å². The Balaban J connectivity index is 0.00000243. The number of nitrogens with zero attached hydrogens (tertiary/aromatic N) is 1. The van der Waals surface area contributed by atoms with Crippen molar-refractivity contribution in [2.24, 2.45) is 5.14 Å². The van der Waals surface area contributed by atoms with Gasteiger partial charge in [0.2, 0.25) is 10.0 Å². The van der Waals surface area contributed by atoms with Gasteiger partial charge in [-0.05, 0) is 18.6 Å². The molecule has 0 bridgehead atoms. The number of halogens is 2. The van der Waals surface area contributed by atoms with E-state index in [0.29, 0.717) is 24.7 Å². The van der Waals surface area contributed by atoms with E-state index in [0.717, 1.165) is 5.56 Å². The van der Waals surface area contributed by atoms with E-state index in [9.17, 15) is 13.2 Å². The molecule has 0 saturated carbocycles. The first-order valence-electron chi connectivity index (χ1n) is 7.68. The fraction of sp³-hybridized carbons (Fsp3) is 0.312. The van der Waals surface area contributed by atoms with Crippen LogP contribution in [0.25, 0.3) is 0 Å². The molecule has 0 aliphatic carbocycles. The summed E-state index contributed by atoms with van der Waals surface area (Å²) in [5.41, 5.74) is 0.819. The zero-order valence-corrected chi connectivity index (χ0v) is 16.3. The molecule has 1 saturated heterocycles. The lowest BCUT2D eigenvalue weighted by Gasteiger charge is -2.36. The number of sulfonamides is 1. The quantitative estimate of drug-likeness (QED) is 0.791. The molecule has 1 aliphatic heterocycles. The van der Waals surface area contributed by atoms with Crippen LogP contribution in [0.5, 0.6) is 0 Å². The molecule has 7 nitrogen and oxygen atoms in total. The third-order valence-corrected chi connectivity index (χ3v) is 5.52. The van der Waals surface area contributed by atoms with E-state index in [1.54, 1.807) is 11.0 Å². The predicted molar refractivity (Wildman–Crippen MR) is 100 cm³/mol. The second-order valence-electron chi connectivity index (χ2n) is 5.82. The number of piperazine rings is 1. The van der Waals surface area contributed by atoms with Crippen molar-refractivity contribution < 1.29 is 17.6 Å². The molecule has 3 rings (SSSR count). The molecule has 1 unspecified atom stereocenters. The van der Waals surface area contributed by atoms with Gasteiger partial charge >= 0.3 is 0 Å². The van der Waals surface area contributed by atoms with Gasteiger partial charge in [0.15, 0.2) is 5.76 Å². The number of aryl methyl sites for hydroxylation is 1. The molecule has 1 aromatic heterocycles. The van der Waals surface area contributed by atoms with Crippen LogP contribution in [0.3, 0.4) is 0 Å². The van der Waals surface area contributed by atoms with Gasteiger partial charge in [-0.25, -0.2) is 13.6 Å². The Hall–Kier alpha value is -1.58. The smallest absolute Gasteiger partial charge is 0.290 e. The molecule has 1 atom stereocenters. The molecule has 1 fully saturated rings. The Morgan fingerprint density at radius 3 is 2.69 bits per heavy atom. The number of carbonyl (C=O) groups excluding carboxylic acids is 1. The topological polar surface area (TPSA) is 106 Å². The van der Waals surface area contributed by atoms with E-state index < -0.39 is 15.9 Å². The number of primary sulfonamides is 1. The number of furan rings is 1. The molecule has 142 valence electrons. The first-order valence-corrected chi connectivity index (χ1v) is 9.61. The van der Waals surface area contributed by atoms with Gasteiger partial charge in [-0.1, -0.05) is 29.8 Å². The highest BCUT2D eigenvalue weighted by atomic mass is 35.5. The largest absolute Gasteiger partial charge is 0.455 e. The number of nitrogens with two attached hydrogens (primary N) is 1. The van der Waals surface area contributed by atoms with Crippen molar-refractivity contribution in [3.63, 3.8) is 0 Å². The first-order chi connectivity index (χ1) is 11.8. The zero-order valence-electron chi connectivity index (χ0n) is 13.9. The summed E-state index contributed by atoms with van der Waals surface area (Å²) >= 11 is 6.28. The van der Waals surface area contributed by atoms with Crippen molar-refractivity contribution >= 4 is 39.9 Å². The fourth-order valence-corrected chi connectivity index (χ4v) is 3.94. The molecule has 0 radical (unpaired) electrons. The summed E-state index contributed by atoms with van der Waals surface area (Å²) in [6, 6.07) is 8.21.